The Bertz CT molecular complexity index is 694. The van der Waals surface area contributed by atoms with Gasteiger partial charge in [-0.2, -0.15) is 0 Å². The molecule has 1 fully saturated rings. The number of hydrogen-bond donors (Lipinski definition) is 2. The molecule has 2 N–H and O–H groups in total. The zero-order valence-corrected chi connectivity index (χ0v) is 13.3. The molecule has 6 heteroatoms. The van der Waals surface area contributed by atoms with Gasteiger partial charge in [-0.15, -0.1) is 0 Å². The van der Waals surface area contributed by atoms with E-state index in [9.17, 15) is 19.5 Å². The Balaban J connectivity index is 1.70. The number of ether oxygens (including phenoxy) is 1. The van der Waals surface area contributed by atoms with E-state index in [1.807, 2.05) is 12.2 Å². The van der Waals surface area contributed by atoms with E-state index in [0.29, 0.717) is 17.9 Å². The van der Waals surface area contributed by atoms with E-state index in [4.69, 9.17) is 4.74 Å². The number of anilines is 1. The van der Waals surface area contributed by atoms with E-state index in [-0.39, 0.29) is 17.7 Å². The summed E-state index contributed by atoms with van der Waals surface area (Å²) in [6.07, 6.45) is 4.57. The number of benzene rings is 1. The van der Waals surface area contributed by atoms with Crippen LogP contribution in [-0.2, 0) is 14.3 Å². The molecule has 0 unspecified atom stereocenters. The fraction of sp³-hybridized carbons (Fsp3) is 0.389. The smallest absolute Gasteiger partial charge is 0.338 e. The molecule has 24 heavy (non-hydrogen) atoms. The van der Waals surface area contributed by atoms with Gasteiger partial charge in [0.15, 0.2) is 0 Å². The van der Waals surface area contributed by atoms with Crippen LogP contribution in [0.25, 0.3) is 0 Å². The molecule has 4 atom stereocenters. The summed E-state index contributed by atoms with van der Waals surface area (Å²) < 4.78 is 4.90. The molecule has 2 aliphatic carbocycles. The van der Waals surface area contributed by atoms with E-state index >= 15 is 0 Å². The Morgan fingerprint density at radius 1 is 1.12 bits per heavy atom. The normalized spacial score (nSPS) is 27.0. The molecule has 0 aromatic heterocycles. The zero-order valence-electron chi connectivity index (χ0n) is 13.3. The summed E-state index contributed by atoms with van der Waals surface area (Å²) in [4.78, 5) is 35.6. The Kier molecular flexibility index (Phi) is 4.38. The highest BCUT2D eigenvalue weighted by Gasteiger charge is 2.51. The van der Waals surface area contributed by atoms with Gasteiger partial charge in [0.1, 0.15) is 0 Å². The van der Waals surface area contributed by atoms with E-state index in [0.717, 1.165) is 6.42 Å². The number of allylic oxidation sites excluding steroid dienone is 2. The van der Waals surface area contributed by atoms with Crippen molar-refractivity contribution in [1.29, 1.82) is 0 Å². The number of carboxylic acid groups (broad SMARTS) is 1. The second-order valence-corrected chi connectivity index (χ2v) is 6.13. The maximum Gasteiger partial charge on any atom is 0.338 e. The summed E-state index contributed by atoms with van der Waals surface area (Å²) in [6.45, 7) is 2.03. The summed E-state index contributed by atoms with van der Waals surface area (Å²) in [5.41, 5.74) is 0.935. The predicted molar refractivity (Wildman–Crippen MR) is 86.4 cm³/mol. The molecule has 0 spiro atoms. The van der Waals surface area contributed by atoms with Crippen molar-refractivity contribution in [3.63, 3.8) is 0 Å². The number of esters is 1. The maximum atomic E-state index is 12.5. The molecule has 3 rings (SSSR count). The summed E-state index contributed by atoms with van der Waals surface area (Å²) in [5, 5.41) is 12.2. The zero-order chi connectivity index (χ0) is 17.3. The van der Waals surface area contributed by atoms with Crippen molar-refractivity contribution in [2.45, 2.75) is 13.3 Å². The van der Waals surface area contributed by atoms with Crippen LogP contribution in [0.1, 0.15) is 23.7 Å². The van der Waals surface area contributed by atoms with E-state index < -0.39 is 23.8 Å². The van der Waals surface area contributed by atoms with Gasteiger partial charge in [0.25, 0.3) is 0 Å². The van der Waals surface area contributed by atoms with Gasteiger partial charge in [-0.3, -0.25) is 9.59 Å². The highest BCUT2D eigenvalue weighted by molar-refractivity contribution is 5.97. The van der Waals surface area contributed by atoms with Gasteiger partial charge in [-0.25, -0.2) is 4.79 Å². The average Bonchev–Trinajstić information content (AvgIpc) is 3.16. The minimum absolute atomic E-state index is 0.0186. The van der Waals surface area contributed by atoms with Crippen LogP contribution < -0.4 is 5.32 Å². The lowest BCUT2D eigenvalue weighted by Gasteiger charge is -2.23. The highest BCUT2D eigenvalue weighted by Crippen LogP contribution is 2.48. The largest absolute Gasteiger partial charge is 0.481 e. The lowest BCUT2D eigenvalue weighted by molar-refractivity contribution is -0.146. The number of carbonyl (C=O) groups excluding carboxylic acids is 2. The van der Waals surface area contributed by atoms with Crippen LogP contribution in [0, 0.1) is 23.7 Å². The third kappa shape index (κ3) is 2.91. The van der Waals surface area contributed by atoms with Crippen LogP contribution in [0.15, 0.2) is 36.4 Å². The van der Waals surface area contributed by atoms with Crippen molar-refractivity contribution in [2.75, 3.05) is 11.9 Å². The number of hydrogen-bond acceptors (Lipinski definition) is 4. The standard InChI is InChI=1S/C18H19NO5/c1-2-24-18(23)10-5-7-13(8-6-10)19-16(20)14-11-3-4-12(9-11)15(14)17(21)22/h3-8,11-12,14-15H,2,9H2,1H3,(H,19,20)(H,21,22)/t11-,12+,14+,15+/m1/s1. The third-order valence-corrected chi connectivity index (χ3v) is 4.71. The first-order valence-electron chi connectivity index (χ1n) is 8.00. The van der Waals surface area contributed by atoms with Crippen LogP contribution >= 0.6 is 0 Å². The Morgan fingerprint density at radius 3 is 2.33 bits per heavy atom. The third-order valence-electron chi connectivity index (χ3n) is 4.71. The monoisotopic (exact) mass is 329 g/mol. The number of rotatable bonds is 5. The van der Waals surface area contributed by atoms with Crippen molar-refractivity contribution in [1.82, 2.24) is 0 Å². The van der Waals surface area contributed by atoms with Gasteiger partial charge >= 0.3 is 11.9 Å². The van der Waals surface area contributed by atoms with Crippen LogP contribution in [0.2, 0.25) is 0 Å². The number of nitrogens with one attached hydrogen (secondary N) is 1. The first-order valence-corrected chi connectivity index (χ1v) is 8.00. The number of amides is 1. The highest BCUT2D eigenvalue weighted by atomic mass is 16.5. The molecular weight excluding hydrogens is 310 g/mol. The molecule has 126 valence electrons. The van der Waals surface area contributed by atoms with Crippen LogP contribution in [0.4, 0.5) is 5.69 Å². The number of carbonyl (C=O) groups is 3. The summed E-state index contributed by atoms with van der Waals surface area (Å²) in [6, 6.07) is 6.37. The van der Waals surface area contributed by atoms with Gasteiger partial charge in [0.05, 0.1) is 24.0 Å². The summed E-state index contributed by atoms with van der Waals surface area (Å²) in [7, 11) is 0. The van der Waals surface area contributed by atoms with Crippen LogP contribution in [0.3, 0.4) is 0 Å². The maximum absolute atomic E-state index is 12.5. The Morgan fingerprint density at radius 2 is 1.75 bits per heavy atom. The number of carboxylic acids is 1. The minimum atomic E-state index is -0.926. The molecule has 0 heterocycles. The molecule has 1 aromatic carbocycles. The second kappa shape index (κ2) is 6.47. The molecule has 0 aliphatic heterocycles. The van der Waals surface area contributed by atoms with E-state index in [2.05, 4.69) is 5.32 Å². The Labute approximate surface area is 139 Å². The van der Waals surface area contributed by atoms with E-state index in [1.54, 1.807) is 31.2 Å². The van der Waals surface area contributed by atoms with Crippen LogP contribution in [-0.4, -0.2) is 29.6 Å². The minimum Gasteiger partial charge on any atom is -0.481 e. The molecule has 1 aromatic rings. The second-order valence-electron chi connectivity index (χ2n) is 6.13. The number of aliphatic carboxylic acids is 1. The average molecular weight is 329 g/mol. The van der Waals surface area contributed by atoms with Crippen LogP contribution in [0.5, 0.6) is 0 Å². The van der Waals surface area contributed by atoms with Gasteiger partial charge in [-0.1, -0.05) is 12.2 Å². The predicted octanol–water partition coefficient (Wildman–Crippen LogP) is 2.32. The Hall–Kier alpha value is -2.63. The lowest BCUT2D eigenvalue weighted by Crippen LogP contribution is -2.36. The van der Waals surface area contributed by atoms with Crippen molar-refractivity contribution in [3.8, 4) is 0 Å². The molecule has 6 nitrogen and oxygen atoms in total. The quantitative estimate of drug-likeness (QED) is 0.639. The molecule has 0 radical (unpaired) electrons. The van der Waals surface area contributed by atoms with Gasteiger partial charge in [-0.05, 0) is 49.4 Å². The van der Waals surface area contributed by atoms with Gasteiger partial charge in [0, 0.05) is 5.69 Å². The topological polar surface area (TPSA) is 92.7 Å². The van der Waals surface area contributed by atoms with Crippen molar-refractivity contribution < 1.29 is 24.2 Å². The molecule has 1 saturated carbocycles. The van der Waals surface area contributed by atoms with E-state index in [1.165, 1.54) is 0 Å². The summed E-state index contributed by atoms with van der Waals surface area (Å²) in [5.74, 6) is -2.93. The molecule has 2 aliphatic rings. The molecule has 1 amide bonds. The molecule has 2 bridgehead atoms. The lowest BCUT2D eigenvalue weighted by atomic mass is 9.82. The summed E-state index contributed by atoms with van der Waals surface area (Å²) >= 11 is 0. The SMILES string of the molecule is CCOC(=O)c1ccc(NC(=O)[C@@H]2[C@@H](C(=O)O)[C@H]3C=C[C@@H]2C3)cc1. The fourth-order valence-electron chi connectivity index (χ4n) is 3.65. The van der Waals surface area contributed by atoms with Gasteiger partial charge < -0.3 is 15.2 Å². The van der Waals surface area contributed by atoms with Crippen molar-refractivity contribution >= 4 is 23.5 Å². The molecular formula is C18H19NO5. The van der Waals surface area contributed by atoms with Crippen molar-refractivity contribution in [2.24, 2.45) is 23.7 Å². The molecule has 0 saturated heterocycles. The fourth-order valence-corrected chi connectivity index (χ4v) is 3.65. The van der Waals surface area contributed by atoms with Gasteiger partial charge in [0.2, 0.25) is 5.91 Å². The van der Waals surface area contributed by atoms with Crippen molar-refractivity contribution in [3.05, 3.63) is 42.0 Å². The first-order chi connectivity index (χ1) is 11.5. The number of fused-ring (bicyclic) bond motifs is 2. The first kappa shape index (κ1) is 16.2.